The largest absolute Gasteiger partial charge is 0.283 e. The fourth-order valence-corrected chi connectivity index (χ4v) is 1.53. The maximum atomic E-state index is 12.0. The Balaban J connectivity index is 2.43. The first-order valence-corrected chi connectivity index (χ1v) is 4.98. The van der Waals surface area contributed by atoms with E-state index in [-0.39, 0.29) is 11.6 Å². The number of carbonyl (C=O) groups excluding carboxylic acids is 1. The summed E-state index contributed by atoms with van der Waals surface area (Å²) < 4.78 is 1.41. The van der Waals surface area contributed by atoms with Crippen LogP contribution >= 0.6 is 11.6 Å². The molecule has 5 nitrogen and oxygen atoms in total. The molecule has 6 heteroatoms. The number of carbonyl (C=O) groups is 1. The summed E-state index contributed by atoms with van der Waals surface area (Å²) in [6.45, 7) is 1.85. The Labute approximate surface area is 97.1 Å². The van der Waals surface area contributed by atoms with Gasteiger partial charge in [0.25, 0.3) is 0 Å². The van der Waals surface area contributed by atoms with Gasteiger partial charge in [0.1, 0.15) is 5.69 Å². The number of rotatable bonds is 2. The Morgan fingerprint density at radius 2 is 1.94 bits per heavy atom. The van der Waals surface area contributed by atoms with Gasteiger partial charge in [-0.1, -0.05) is 11.6 Å². The van der Waals surface area contributed by atoms with Crippen molar-refractivity contribution >= 4 is 17.4 Å². The van der Waals surface area contributed by atoms with Crippen molar-refractivity contribution in [2.24, 2.45) is 7.05 Å². The van der Waals surface area contributed by atoms with Crippen molar-refractivity contribution in [3.63, 3.8) is 0 Å². The fourth-order valence-electron chi connectivity index (χ4n) is 1.28. The summed E-state index contributed by atoms with van der Waals surface area (Å²) in [6.07, 6.45) is 4.60. The lowest BCUT2D eigenvalue weighted by Gasteiger charge is -2.00. The van der Waals surface area contributed by atoms with Gasteiger partial charge < -0.3 is 0 Å². The monoisotopic (exact) mass is 236 g/mol. The standard InChI is InChI=1S/C10H9ClN4O/c1-6-3-12-10(13-4-6)9(16)8-7(11)5-14-15(8)2/h3-5H,1-2H3. The zero-order chi connectivity index (χ0) is 11.7. The second-order valence-corrected chi connectivity index (χ2v) is 3.79. The number of aromatic nitrogens is 4. The number of ketones is 1. The van der Waals surface area contributed by atoms with E-state index in [9.17, 15) is 4.79 Å². The summed E-state index contributed by atoms with van der Waals surface area (Å²) in [5.74, 6) is -0.207. The molecule has 0 spiro atoms. The first-order valence-electron chi connectivity index (χ1n) is 4.60. The molecule has 0 saturated carbocycles. The van der Waals surface area contributed by atoms with Crippen LogP contribution in [0, 0.1) is 6.92 Å². The van der Waals surface area contributed by atoms with E-state index in [1.807, 2.05) is 6.92 Å². The van der Waals surface area contributed by atoms with Crippen molar-refractivity contribution in [1.82, 2.24) is 19.7 Å². The van der Waals surface area contributed by atoms with E-state index in [2.05, 4.69) is 15.1 Å². The normalized spacial score (nSPS) is 10.4. The van der Waals surface area contributed by atoms with Gasteiger partial charge in [-0.3, -0.25) is 9.48 Å². The highest BCUT2D eigenvalue weighted by molar-refractivity contribution is 6.34. The topological polar surface area (TPSA) is 60.7 Å². The highest BCUT2D eigenvalue weighted by Crippen LogP contribution is 2.16. The Kier molecular flexibility index (Phi) is 2.70. The molecule has 0 saturated heterocycles. The zero-order valence-corrected chi connectivity index (χ0v) is 9.56. The molecule has 0 bridgehead atoms. The molecule has 0 N–H and O–H groups in total. The number of halogens is 1. The van der Waals surface area contributed by atoms with E-state index < -0.39 is 0 Å². The van der Waals surface area contributed by atoms with Gasteiger partial charge >= 0.3 is 0 Å². The van der Waals surface area contributed by atoms with Crippen LogP contribution in [0.5, 0.6) is 0 Å². The number of nitrogens with zero attached hydrogens (tertiary/aromatic N) is 4. The molecule has 0 amide bonds. The lowest BCUT2D eigenvalue weighted by Crippen LogP contribution is -2.12. The highest BCUT2D eigenvalue weighted by Gasteiger charge is 2.19. The van der Waals surface area contributed by atoms with Crippen LogP contribution in [0.1, 0.15) is 21.9 Å². The fraction of sp³-hybridized carbons (Fsp3) is 0.200. The van der Waals surface area contributed by atoms with Crippen LogP contribution in [0.4, 0.5) is 0 Å². The quantitative estimate of drug-likeness (QED) is 0.740. The molecule has 0 aliphatic heterocycles. The van der Waals surface area contributed by atoms with Crippen molar-refractivity contribution in [3.8, 4) is 0 Å². The van der Waals surface area contributed by atoms with E-state index in [4.69, 9.17) is 11.6 Å². The molecule has 2 aromatic rings. The summed E-state index contributed by atoms with van der Waals surface area (Å²) in [7, 11) is 1.65. The zero-order valence-electron chi connectivity index (χ0n) is 8.81. The molecule has 16 heavy (non-hydrogen) atoms. The van der Waals surface area contributed by atoms with E-state index in [1.165, 1.54) is 10.9 Å². The summed E-state index contributed by atoms with van der Waals surface area (Å²) in [5, 5.41) is 4.19. The summed E-state index contributed by atoms with van der Waals surface area (Å²) in [4.78, 5) is 19.9. The molecule has 0 aromatic carbocycles. The Morgan fingerprint density at radius 3 is 2.44 bits per heavy atom. The third kappa shape index (κ3) is 1.81. The van der Waals surface area contributed by atoms with Crippen LogP contribution in [-0.4, -0.2) is 25.5 Å². The highest BCUT2D eigenvalue weighted by atomic mass is 35.5. The summed E-state index contributed by atoms with van der Waals surface area (Å²) in [6, 6.07) is 0. The van der Waals surface area contributed by atoms with Gasteiger partial charge in [0.2, 0.25) is 11.6 Å². The number of hydrogen-bond acceptors (Lipinski definition) is 4. The number of hydrogen-bond donors (Lipinski definition) is 0. The van der Waals surface area contributed by atoms with Crippen LogP contribution in [0.25, 0.3) is 0 Å². The van der Waals surface area contributed by atoms with Crippen molar-refractivity contribution < 1.29 is 4.79 Å². The Morgan fingerprint density at radius 1 is 1.31 bits per heavy atom. The molecular formula is C10H9ClN4O. The summed E-state index contributed by atoms with van der Waals surface area (Å²) >= 11 is 5.86. The van der Waals surface area contributed by atoms with E-state index >= 15 is 0 Å². The van der Waals surface area contributed by atoms with Gasteiger partial charge in [-0.05, 0) is 12.5 Å². The minimum absolute atomic E-state index is 0.121. The molecule has 0 aliphatic rings. The molecule has 0 radical (unpaired) electrons. The Hall–Kier alpha value is -1.75. The first-order chi connectivity index (χ1) is 7.59. The predicted molar refractivity (Wildman–Crippen MR) is 58.4 cm³/mol. The van der Waals surface area contributed by atoms with Crippen LogP contribution in [0.15, 0.2) is 18.6 Å². The van der Waals surface area contributed by atoms with Gasteiger partial charge in [0, 0.05) is 19.4 Å². The van der Waals surface area contributed by atoms with Gasteiger partial charge in [-0.15, -0.1) is 0 Å². The maximum Gasteiger partial charge on any atom is 0.249 e. The average Bonchev–Trinajstić information content (AvgIpc) is 2.59. The van der Waals surface area contributed by atoms with E-state index in [0.717, 1.165) is 5.56 Å². The molecule has 82 valence electrons. The lowest BCUT2D eigenvalue weighted by atomic mass is 10.2. The van der Waals surface area contributed by atoms with Crippen molar-refractivity contribution in [1.29, 1.82) is 0 Å². The molecule has 2 aromatic heterocycles. The average molecular weight is 237 g/mol. The smallest absolute Gasteiger partial charge is 0.249 e. The first kappa shape index (κ1) is 10.8. The molecule has 0 fully saturated rings. The van der Waals surface area contributed by atoms with Crippen LogP contribution in [-0.2, 0) is 7.05 Å². The second kappa shape index (κ2) is 4.02. The number of aryl methyl sites for hydroxylation is 2. The van der Waals surface area contributed by atoms with Crippen molar-refractivity contribution in [2.75, 3.05) is 0 Å². The van der Waals surface area contributed by atoms with Crippen LogP contribution in [0.3, 0.4) is 0 Å². The van der Waals surface area contributed by atoms with Crippen LogP contribution in [0.2, 0.25) is 5.02 Å². The summed E-state index contributed by atoms with van der Waals surface area (Å²) in [5.41, 5.74) is 1.19. The van der Waals surface area contributed by atoms with Gasteiger partial charge in [0.15, 0.2) is 0 Å². The minimum Gasteiger partial charge on any atom is -0.283 e. The second-order valence-electron chi connectivity index (χ2n) is 3.38. The minimum atomic E-state index is -0.329. The van der Waals surface area contributed by atoms with Gasteiger partial charge in [0.05, 0.1) is 11.2 Å². The van der Waals surface area contributed by atoms with Gasteiger partial charge in [-0.25, -0.2) is 9.97 Å². The molecule has 2 heterocycles. The van der Waals surface area contributed by atoms with Crippen molar-refractivity contribution in [2.45, 2.75) is 6.92 Å². The Bertz CT molecular complexity index is 513. The third-order valence-corrected chi connectivity index (χ3v) is 2.37. The third-order valence-electron chi connectivity index (χ3n) is 2.09. The van der Waals surface area contributed by atoms with Crippen molar-refractivity contribution in [3.05, 3.63) is 40.7 Å². The maximum absolute atomic E-state index is 12.0. The SMILES string of the molecule is Cc1cnc(C(=O)c2c(Cl)cnn2C)nc1. The molecular weight excluding hydrogens is 228 g/mol. The molecule has 0 aliphatic carbocycles. The molecule has 0 unspecified atom stereocenters. The molecule has 0 atom stereocenters. The lowest BCUT2D eigenvalue weighted by molar-refractivity contribution is 0.102. The molecule has 2 rings (SSSR count). The van der Waals surface area contributed by atoms with E-state index in [0.29, 0.717) is 10.7 Å². The van der Waals surface area contributed by atoms with E-state index in [1.54, 1.807) is 19.4 Å². The van der Waals surface area contributed by atoms with Gasteiger partial charge in [-0.2, -0.15) is 5.10 Å². The predicted octanol–water partition coefficient (Wildman–Crippen LogP) is 1.40. The van der Waals surface area contributed by atoms with Crippen LogP contribution < -0.4 is 0 Å².